The Morgan fingerprint density at radius 1 is 1.06 bits per heavy atom. The van der Waals surface area contributed by atoms with Crippen molar-refractivity contribution in [2.75, 3.05) is 25.9 Å². The van der Waals surface area contributed by atoms with Gasteiger partial charge in [0.1, 0.15) is 0 Å². The van der Waals surface area contributed by atoms with Crippen molar-refractivity contribution in [1.82, 2.24) is 4.90 Å². The second-order valence-electron chi connectivity index (χ2n) is 4.58. The molecule has 2 aromatic rings. The van der Waals surface area contributed by atoms with Gasteiger partial charge in [0.05, 0.1) is 0 Å². The molecule has 3 heteroatoms. The van der Waals surface area contributed by atoms with Crippen molar-refractivity contribution in [3.63, 3.8) is 0 Å². The van der Waals surface area contributed by atoms with Gasteiger partial charge < -0.3 is 10.6 Å². The number of nitrogens with zero attached hydrogens (tertiary/aromatic N) is 1. The summed E-state index contributed by atoms with van der Waals surface area (Å²) < 4.78 is 0. The maximum atomic E-state index is 5.94. The van der Waals surface area contributed by atoms with E-state index in [2.05, 4.69) is 41.6 Å². The van der Waals surface area contributed by atoms with Crippen molar-refractivity contribution in [3.05, 3.63) is 52.2 Å². The molecule has 0 fully saturated rings. The highest BCUT2D eigenvalue weighted by Crippen LogP contribution is 2.12. The van der Waals surface area contributed by atoms with Gasteiger partial charge >= 0.3 is 0 Å². The summed E-state index contributed by atoms with van der Waals surface area (Å²) in [6.45, 7) is 2.16. The first-order valence-electron chi connectivity index (χ1n) is 6.30. The number of nitrogen functional groups attached to an aromatic ring is 1. The highest BCUT2D eigenvalue weighted by Gasteiger charge is 2.02. The second-order valence-corrected chi connectivity index (χ2v) is 5.61. The third-order valence-electron chi connectivity index (χ3n) is 3.14. The van der Waals surface area contributed by atoms with Gasteiger partial charge in [-0.05, 0) is 43.0 Å². The maximum absolute atomic E-state index is 5.94. The molecule has 0 atom stereocenters. The van der Waals surface area contributed by atoms with E-state index in [4.69, 9.17) is 5.73 Å². The summed E-state index contributed by atoms with van der Waals surface area (Å²) in [6.07, 6.45) is 2.16. The van der Waals surface area contributed by atoms with Crippen molar-refractivity contribution in [3.8, 4) is 0 Å². The third kappa shape index (κ3) is 3.86. The Hall–Kier alpha value is -1.32. The summed E-state index contributed by atoms with van der Waals surface area (Å²) >= 11 is 1.84. The quantitative estimate of drug-likeness (QED) is 0.809. The monoisotopic (exact) mass is 260 g/mol. The zero-order valence-electron chi connectivity index (χ0n) is 10.8. The zero-order valence-corrected chi connectivity index (χ0v) is 11.6. The molecule has 1 heterocycles. The van der Waals surface area contributed by atoms with E-state index in [-0.39, 0.29) is 0 Å². The summed E-state index contributed by atoms with van der Waals surface area (Å²) in [4.78, 5) is 3.83. The van der Waals surface area contributed by atoms with E-state index in [0.717, 1.165) is 31.6 Å². The Morgan fingerprint density at radius 3 is 2.56 bits per heavy atom. The molecule has 0 aliphatic rings. The van der Waals surface area contributed by atoms with Crippen LogP contribution in [0.5, 0.6) is 0 Å². The molecule has 96 valence electrons. The van der Waals surface area contributed by atoms with Crippen molar-refractivity contribution in [1.29, 1.82) is 0 Å². The van der Waals surface area contributed by atoms with Gasteiger partial charge in [0.25, 0.3) is 0 Å². The molecule has 0 unspecified atom stereocenters. The number of nitrogens with two attached hydrogens (primary N) is 1. The summed E-state index contributed by atoms with van der Waals surface area (Å²) in [7, 11) is 2.17. The molecule has 0 saturated heterocycles. The van der Waals surface area contributed by atoms with Crippen LogP contribution in [0.25, 0.3) is 0 Å². The Balaban J connectivity index is 1.75. The minimum absolute atomic E-state index is 0.907. The van der Waals surface area contributed by atoms with E-state index in [9.17, 15) is 0 Å². The fraction of sp³-hybridized carbons (Fsp3) is 0.333. The number of benzene rings is 1. The van der Waals surface area contributed by atoms with Crippen LogP contribution >= 0.6 is 11.3 Å². The fourth-order valence-electron chi connectivity index (χ4n) is 1.94. The summed E-state index contributed by atoms with van der Waals surface area (Å²) in [5.41, 5.74) is 8.10. The lowest BCUT2D eigenvalue weighted by Crippen LogP contribution is -2.23. The number of hydrogen-bond acceptors (Lipinski definition) is 3. The van der Waals surface area contributed by atoms with Gasteiger partial charge in [-0.15, -0.1) is 11.3 Å². The molecule has 2 rings (SSSR count). The van der Waals surface area contributed by atoms with Crippen LogP contribution in [0, 0.1) is 0 Å². The highest BCUT2D eigenvalue weighted by atomic mass is 32.1. The molecule has 2 nitrogen and oxygen atoms in total. The molecule has 0 amide bonds. The average Bonchev–Trinajstić information content (AvgIpc) is 2.88. The number of likely N-dealkylation sites (N-methyl/N-ethyl adjacent to an activating group) is 1. The van der Waals surface area contributed by atoms with Crippen molar-refractivity contribution in [2.45, 2.75) is 12.8 Å². The molecule has 0 radical (unpaired) electrons. The molecule has 0 saturated carbocycles. The van der Waals surface area contributed by atoms with E-state index < -0.39 is 0 Å². The topological polar surface area (TPSA) is 29.3 Å². The van der Waals surface area contributed by atoms with E-state index in [1.165, 1.54) is 10.4 Å². The molecule has 18 heavy (non-hydrogen) atoms. The Bertz CT molecular complexity index is 465. The first kappa shape index (κ1) is 13.1. The van der Waals surface area contributed by atoms with Crippen LogP contribution in [0.1, 0.15) is 10.4 Å². The van der Waals surface area contributed by atoms with Gasteiger partial charge in [-0.25, -0.2) is 0 Å². The van der Waals surface area contributed by atoms with Crippen LogP contribution in [-0.2, 0) is 12.8 Å². The standard InChI is InChI=1S/C15H20N2S/c1-17(11-9-14-6-4-12-18-14)10-8-13-5-2-3-7-15(13)16/h2-7,12H,8-11,16H2,1H3. The SMILES string of the molecule is CN(CCc1cccs1)CCc1ccccc1N. The smallest absolute Gasteiger partial charge is 0.0347 e. The minimum atomic E-state index is 0.907. The summed E-state index contributed by atoms with van der Waals surface area (Å²) in [5, 5.41) is 2.14. The lowest BCUT2D eigenvalue weighted by Gasteiger charge is -2.16. The molecular formula is C15H20N2S. The molecule has 0 spiro atoms. The molecule has 0 aliphatic heterocycles. The number of para-hydroxylation sites is 1. The molecule has 1 aromatic carbocycles. The van der Waals surface area contributed by atoms with E-state index in [1.54, 1.807) is 0 Å². The van der Waals surface area contributed by atoms with Crippen molar-refractivity contribution >= 4 is 17.0 Å². The molecule has 0 bridgehead atoms. The predicted octanol–water partition coefficient (Wildman–Crippen LogP) is 3.05. The molecular weight excluding hydrogens is 240 g/mol. The maximum Gasteiger partial charge on any atom is 0.0347 e. The van der Waals surface area contributed by atoms with E-state index in [0.29, 0.717) is 0 Å². The summed E-state index contributed by atoms with van der Waals surface area (Å²) in [5.74, 6) is 0. The number of thiophene rings is 1. The van der Waals surface area contributed by atoms with Gasteiger partial charge in [-0.3, -0.25) is 0 Å². The highest BCUT2D eigenvalue weighted by molar-refractivity contribution is 7.09. The van der Waals surface area contributed by atoms with Crippen molar-refractivity contribution in [2.24, 2.45) is 0 Å². The Morgan fingerprint density at radius 2 is 1.83 bits per heavy atom. The number of hydrogen-bond donors (Lipinski definition) is 1. The van der Waals surface area contributed by atoms with E-state index in [1.807, 2.05) is 23.5 Å². The molecule has 0 aliphatic carbocycles. The van der Waals surface area contributed by atoms with Gasteiger partial charge in [-0.2, -0.15) is 0 Å². The summed E-state index contributed by atoms with van der Waals surface area (Å²) in [6, 6.07) is 12.4. The van der Waals surface area contributed by atoms with Crippen LogP contribution in [0.2, 0.25) is 0 Å². The Labute approximate surface area is 113 Å². The predicted molar refractivity (Wildman–Crippen MR) is 80.1 cm³/mol. The van der Waals surface area contributed by atoms with Crippen LogP contribution in [0.4, 0.5) is 5.69 Å². The first-order valence-corrected chi connectivity index (χ1v) is 7.18. The van der Waals surface area contributed by atoms with Gasteiger partial charge in [0.2, 0.25) is 0 Å². The van der Waals surface area contributed by atoms with Crippen molar-refractivity contribution < 1.29 is 0 Å². The minimum Gasteiger partial charge on any atom is -0.399 e. The number of anilines is 1. The molecule has 1 aromatic heterocycles. The van der Waals surface area contributed by atoms with Crippen LogP contribution in [0.3, 0.4) is 0 Å². The van der Waals surface area contributed by atoms with E-state index >= 15 is 0 Å². The van der Waals surface area contributed by atoms with Gasteiger partial charge in [0.15, 0.2) is 0 Å². The normalized spacial score (nSPS) is 11.0. The van der Waals surface area contributed by atoms with Crippen LogP contribution in [0.15, 0.2) is 41.8 Å². The molecule has 2 N–H and O–H groups in total. The largest absolute Gasteiger partial charge is 0.399 e. The lowest BCUT2D eigenvalue weighted by molar-refractivity contribution is 0.344. The third-order valence-corrected chi connectivity index (χ3v) is 4.07. The second kappa shape index (κ2) is 6.57. The first-order chi connectivity index (χ1) is 8.75. The van der Waals surface area contributed by atoms with Crippen LogP contribution < -0.4 is 5.73 Å². The lowest BCUT2D eigenvalue weighted by atomic mass is 10.1. The van der Waals surface area contributed by atoms with Crippen LogP contribution in [-0.4, -0.2) is 25.0 Å². The van der Waals surface area contributed by atoms with Gasteiger partial charge in [0, 0.05) is 23.7 Å². The average molecular weight is 260 g/mol. The fourth-order valence-corrected chi connectivity index (χ4v) is 2.64. The number of rotatable bonds is 6. The Kier molecular flexibility index (Phi) is 4.79. The van der Waals surface area contributed by atoms with Gasteiger partial charge in [-0.1, -0.05) is 24.3 Å². The zero-order chi connectivity index (χ0) is 12.8.